The molecule has 0 amide bonds. The van der Waals surface area contributed by atoms with Gasteiger partial charge in [0.1, 0.15) is 17.3 Å². The van der Waals surface area contributed by atoms with Crippen LogP contribution in [0.4, 0.5) is 0 Å². The first-order valence-electron chi connectivity index (χ1n) is 10.6. The van der Waals surface area contributed by atoms with Crippen LogP contribution in [0, 0.1) is 23.2 Å². The molecular weight excluding hydrogens is 380 g/mol. The van der Waals surface area contributed by atoms with E-state index in [0.717, 1.165) is 19.3 Å². The Kier molecular flexibility index (Phi) is 4.49. The van der Waals surface area contributed by atoms with Crippen LogP contribution < -0.4 is 4.74 Å². The van der Waals surface area contributed by atoms with Crippen molar-refractivity contribution in [3.8, 4) is 11.5 Å². The monoisotopic (exact) mass is 404 g/mol. The number of benzene rings is 2. The molecule has 4 aliphatic rings. The van der Waals surface area contributed by atoms with Crippen molar-refractivity contribution >= 4 is 17.5 Å². The van der Waals surface area contributed by atoms with Crippen LogP contribution in [-0.4, -0.2) is 22.6 Å². The number of carbonyl (C=O) groups excluding carboxylic acids is 3. The van der Waals surface area contributed by atoms with Gasteiger partial charge in [-0.3, -0.25) is 9.59 Å². The molecule has 2 aromatic carbocycles. The molecule has 5 nitrogen and oxygen atoms in total. The second kappa shape index (κ2) is 7.08. The SMILES string of the molecule is O=C(Oc1ccc(O)c(C(=O)CC(=O)C23CC4C[C@H](C2)[C@@H](C4)C3)c1)c1ccccc1. The van der Waals surface area contributed by atoms with Gasteiger partial charge in [0, 0.05) is 5.41 Å². The average molecular weight is 404 g/mol. The summed E-state index contributed by atoms with van der Waals surface area (Å²) in [7, 11) is 0. The molecule has 4 fully saturated rings. The molecule has 0 aromatic heterocycles. The van der Waals surface area contributed by atoms with Crippen molar-refractivity contribution in [3.63, 3.8) is 0 Å². The van der Waals surface area contributed by atoms with Crippen molar-refractivity contribution in [2.75, 3.05) is 0 Å². The second-order valence-electron chi connectivity index (χ2n) is 9.21. The van der Waals surface area contributed by atoms with Gasteiger partial charge in [0.15, 0.2) is 5.78 Å². The fourth-order valence-corrected chi connectivity index (χ4v) is 6.12. The smallest absolute Gasteiger partial charge is 0.343 e. The predicted octanol–water partition coefficient (Wildman–Crippen LogP) is 4.58. The van der Waals surface area contributed by atoms with E-state index in [1.54, 1.807) is 30.3 Å². The lowest BCUT2D eigenvalue weighted by Crippen LogP contribution is -2.36. The molecule has 0 saturated heterocycles. The van der Waals surface area contributed by atoms with Gasteiger partial charge in [-0.25, -0.2) is 4.79 Å². The third-order valence-electron chi connectivity index (χ3n) is 7.33. The lowest BCUT2D eigenvalue weighted by molar-refractivity contribution is -0.130. The number of phenolic OH excluding ortho intramolecular Hbond substituents is 1. The Hall–Kier alpha value is -2.95. The maximum atomic E-state index is 13.1. The summed E-state index contributed by atoms with van der Waals surface area (Å²) >= 11 is 0. The van der Waals surface area contributed by atoms with E-state index in [1.807, 2.05) is 0 Å². The third kappa shape index (κ3) is 3.22. The summed E-state index contributed by atoms with van der Waals surface area (Å²) in [5, 5.41) is 10.2. The molecule has 4 atom stereocenters. The summed E-state index contributed by atoms with van der Waals surface area (Å²) in [5.74, 6) is 0.927. The van der Waals surface area contributed by atoms with E-state index in [4.69, 9.17) is 4.74 Å². The maximum absolute atomic E-state index is 13.1. The van der Waals surface area contributed by atoms with Crippen LogP contribution in [0.1, 0.15) is 59.2 Å². The van der Waals surface area contributed by atoms with E-state index in [0.29, 0.717) is 23.3 Å². The first kappa shape index (κ1) is 19.0. The van der Waals surface area contributed by atoms with Crippen molar-refractivity contribution in [2.24, 2.45) is 23.2 Å². The van der Waals surface area contributed by atoms with Gasteiger partial charge in [-0.05, 0) is 80.2 Å². The molecule has 2 unspecified atom stereocenters. The fourth-order valence-electron chi connectivity index (χ4n) is 6.12. The molecule has 30 heavy (non-hydrogen) atoms. The molecule has 0 radical (unpaired) electrons. The quantitative estimate of drug-likeness (QED) is 0.330. The number of esters is 1. The Labute approximate surface area is 175 Å². The van der Waals surface area contributed by atoms with E-state index < -0.39 is 11.8 Å². The van der Waals surface area contributed by atoms with Crippen LogP contribution in [0.2, 0.25) is 0 Å². The molecule has 154 valence electrons. The number of ether oxygens (including phenoxy) is 1. The largest absolute Gasteiger partial charge is 0.507 e. The first-order chi connectivity index (χ1) is 14.4. The number of ketones is 2. The van der Waals surface area contributed by atoms with E-state index in [1.165, 1.54) is 31.0 Å². The van der Waals surface area contributed by atoms with Gasteiger partial charge in [-0.2, -0.15) is 0 Å². The first-order valence-corrected chi connectivity index (χ1v) is 10.6. The Bertz CT molecular complexity index is 1010. The van der Waals surface area contributed by atoms with Gasteiger partial charge >= 0.3 is 5.97 Å². The fraction of sp³-hybridized carbons (Fsp3) is 0.400. The van der Waals surface area contributed by atoms with Gasteiger partial charge in [0.25, 0.3) is 0 Å². The highest BCUT2D eigenvalue weighted by Gasteiger charge is 2.58. The highest BCUT2D eigenvalue weighted by molar-refractivity contribution is 6.11. The zero-order chi connectivity index (χ0) is 20.9. The zero-order valence-corrected chi connectivity index (χ0v) is 16.7. The maximum Gasteiger partial charge on any atom is 0.343 e. The minimum atomic E-state index is -0.548. The summed E-state index contributed by atoms with van der Waals surface area (Å²) in [6, 6.07) is 12.6. The molecular formula is C25H24O5. The van der Waals surface area contributed by atoms with Crippen LogP contribution in [0.3, 0.4) is 0 Å². The highest BCUT2D eigenvalue weighted by Crippen LogP contribution is 2.64. The van der Waals surface area contributed by atoms with E-state index in [9.17, 15) is 19.5 Å². The Morgan fingerprint density at radius 1 is 0.967 bits per heavy atom. The summed E-state index contributed by atoms with van der Waals surface area (Å²) in [5.41, 5.74) is 0.0760. The van der Waals surface area contributed by atoms with Crippen LogP contribution in [-0.2, 0) is 4.79 Å². The molecule has 4 aliphatic carbocycles. The Morgan fingerprint density at radius 2 is 1.67 bits per heavy atom. The van der Waals surface area contributed by atoms with Gasteiger partial charge < -0.3 is 9.84 Å². The van der Waals surface area contributed by atoms with E-state index in [-0.39, 0.29) is 34.7 Å². The molecule has 0 spiro atoms. The van der Waals surface area contributed by atoms with Crippen LogP contribution >= 0.6 is 0 Å². The summed E-state index contributed by atoms with van der Waals surface area (Å²) in [6.07, 6.45) is 5.01. The average Bonchev–Trinajstić information content (AvgIpc) is 3.16. The predicted molar refractivity (Wildman–Crippen MR) is 109 cm³/mol. The van der Waals surface area contributed by atoms with E-state index >= 15 is 0 Å². The standard InChI is InChI=1S/C25H24O5/c26-21-7-6-19(30-24(29)16-4-2-1-3-5-16)10-20(21)22(27)11-23(28)25-12-15-8-17(13-25)18(9-15)14-25/h1-7,10,15,17-18,26H,8-9,11-14H2/t15?,17-,18+,25?. The molecule has 4 bridgehead atoms. The number of carbonyl (C=O) groups is 3. The molecule has 0 aliphatic heterocycles. The summed E-state index contributed by atoms with van der Waals surface area (Å²) < 4.78 is 5.35. The summed E-state index contributed by atoms with van der Waals surface area (Å²) in [6.45, 7) is 0. The van der Waals surface area contributed by atoms with E-state index in [2.05, 4.69) is 0 Å². The van der Waals surface area contributed by atoms with Crippen molar-refractivity contribution < 1.29 is 24.2 Å². The van der Waals surface area contributed by atoms with Crippen molar-refractivity contribution in [3.05, 3.63) is 59.7 Å². The number of phenols is 1. The van der Waals surface area contributed by atoms with Gasteiger partial charge in [0.05, 0.1) is 17.5 Å². The number of hydrogen-bond donors (Lipinski definition) is 1. The van der Waals surface area contributed by atoms with Gasteiger partial charge in [-0.15, -0.1) is 0 Å². The number of rotatable bonds is 6. The number of Topliss-reactive ketones (excluding diaryl/α,β-unsaturated/α-hetero) is 2. The van der Waals surface area contributed by atoms with Crippen molar-refractivity contribution in [1.82, 2.24) is 0 Å². The topological polar surface area (TPSA) is 80.7 Å². The van der Waals surface area contributed by atoms with Crippen molar-refractivity contribution in [1.29, 1.82) is 0 Å². The molecule has 1 N–H and O–H groups in total. The third-order valence-corrected chi connectivity index (χ3v) is 7.33. The molecule has 6 rings (SSSR count). The normalized spacial score (nSPS) is 28.5. The van der Waals surface area contributed by atoms with Crippen LogP contribution in [0.25, 0.3) is 0 Å². The highest BCUT2D eigenvalue weighted by atomic mass is 16.5. The number of aromatic hydroxyl groups is 1. The van der Waals surface area contributed by atoms with Crippen LogP contribution in [0.5, 0.6) is 11.5 Å². The Morgan fingerprint density at radius 3 is 2.33 bits per heavy atom. The minimum absolute atomic E-state index is 0.00971. The molecule has 0 heterocycles. The second-order valence-corrected chi connectivity index (χ2v) is 9.21. The lowest BCUT2D eigenvalue weighted by Gasteiger charge is -2.36. The molecule has 5 heteroatoms. The summed E-state index contributed by atoms with van der Waals surface area (Å²) in [4.78, 5) is 38.2. The number of hydrogen-bond acceptors (Lipinski definition) is 5. The Balaban J connectivity index is 1.30. The zero-order valence-electron chi connectivity index (χ0n) is 16.7. The molecule has 4 saturated carbocycles. The lowest BCUT2D eigenvalue weighted by atomic mass is 9.66. The van der Waals surface area contributed by atoms with Gasteiger partial charge in [-0.1, -0.05) is 18.2 Å². The molecule has 2 aromatic rings. The van der Waals surface area contributed by atoms with Gasteiger partial charge in [0.2, 0.25) is 0 Å². The van der Waals surface area contributed by atoms with Crippen LogP contribution in [0.15, 0.2) is 48.5 Å². The minimum Gasteiger partial charge on any atom is -0.507 e. The van der Waals surface area contributed by atoms with Crippen molar-refractivity contribution in [2.45, 2.75) is 38.5 Å².